The van der Waals surface area contributed by atoms with Gasteiger partial charge in [0, 0.05) is 25.3 Å². The molecule has 0 saturated carbocycles. The fourth-order valence-electron chi connectivity index (χ4n) is 3.38. The zero-order chi connectivity index (χ0) is 24.0. The molecule has 0 aromatic heterocycles. The second-order valence-electron chi connectivity index (χ2n) is 7.96. The van der Waals surface area contributed by atoms with E-state index in [1.165, 1.54) is 35.6 Å². The summed E-state index contributed by atoms with van der Waals surface area (Å²) in [6, 6.07) is 21.6. The maximum Gasteiger partial charge on any atom is 0.243 e. The molecule has 33 heavy (non-hydrogen) atoms. The molecule has 0 fully saturated rings. The van der Waals surface area contributed by atoms with E-state index in [2.05, 4.69) is 5.32 Å². The van der Waals surface area contributed by atoms with Crippen LogP contribution in [0.15, 0.2) is 83.8 Å². The second-order valence-corrected chi connectivity index (χ2v) is 10.0. The number of benzene rings is 3. The molecule has 1 unspecified atom stereocenters. The van der Waals surface area contributed by atoms with Crippen LogP contribution >= 0.6 is 0 Å². The summed E-state index contributed by atoms with van der Waals surface area (Å²) in [6.45, 7) is 2.32. The van der Waals surface area contributed by atoms with E-state index in [1.54, 1.807) is 24.3 Å². The molecule has 0 aliphatic carbocycles. The molecule has 3 aromatic carbocycles. The predicted molar refractivity (Wildman–Crippen MR) is 128 cm³/mol. The van der Waals surface area contributed by atoms with Crippen molar-refractivity contribution >= 4 is 21.6 Å². The molecule has 3 aromatic rings. The van der Waals surface area contributed by atoms with Gasteiger partial charge in [-0.2, -0.15) is 4.31 Å². The number of rotatable bonds is 9. The summed E-state index contributed by atoms with van der Waals surface area (Å²) in [5.41, 5.74) is 2.31. The molecule has 0 bridgehead atoms. The van der Waals surface area contributed by atoms with Crippen LogP contribution in [0.1, 0.15) is 24.1 Å². The first-order valence-electron chi connectivity index (χ1n) is 10.5. The van der Waals surface area contributed by atoms with E-state index >= 15 is 0 Å². The first kappa shape index (κ1) is 24.6. The van der Waals surface area contributed by atoms with Crippen LogP contribution in [0.5, 0.6) is 0 Å². The number of hydrogen-bond acceptors (Lipinski definition) is 4. The first-order chi connectivity index (χ1) is 15.7. The van der Waals surface area contributed by atoms with E-state index in [1.807, 2.05) is 49.2 Å². The monoisotopic (exact) mass is 469 g/mol. The van der Waals surface area contributed by atoms with Crippen LogP contribution in [-0.4, -0.2) is 44.2 Å². The van der Waals surface area contributed by atoms with Gasteiger partial charge >= 0.3 is 0 Å². The van der Waals surface area contributed by atoms with Gasteiger partial charge in [-0.25, -0.2) is 12.8 Å². The van der Waals surface area contributed by atoms with Crippen LogP contribution in [0, 0.1) is 5.82 Å². The molecule has 0 spiro atoms. The highest BCUT2D eigenvalue weighted by Gasteiger charge is 2.21. The summed E-state index contributed by atoms with van der Waals surface area (Å²) < 4.78 is 40.1. The van der Waals surface area contributed by atoms with Crippen molar-refractivity contribution < 1.29 is 17.6 Å². The Morgan fingerprint density at radius 2 is 1.55 bits per heavy atom. The molecule has 1 atom stereocenters. The van der Waals surface area contributed by atoms with Crippen molar-refractivity contribution in [3.8, 4) is 0 Å². The van der Waals surface area contributed by atoms with Crippen molar-refractivity contribution in [1.82, 2.24) is 9.21 Å². The number of amides is 1. The van der Waals surface area contributed by atoms with Crippen molar-refractivity contribution in [2.45, 2.75) is 24.4 Å². The van der Waals surface area contributed by atoms with E-state index in [9.17, 15) is 17.6 Å². The minimum Gasteiger partial charge on any atom is -0.325 e. The minimum atomic E-state index is -3.66. The molecule has 1 amide bonds. The number of sulfonamides is 1. The molecule has 0 saturated heterocycles. The third-order valence-electron chi connectivity index (χ3n) is 5.50. The van der Waals surface area contributed by atoms with Gasteiger partial charge in [0.2, 0.25) is 15.9 Å². The molecule has 1 N–H and O–H groups in total. The molecule has 6 nitrogen and oxygen atoms in total. The largest absolute Gasteiger partial charge is 0.325 e. The van der Waals surface area contributed by atoms with Gasteiger partial charge in [-0.3, -0.25) is 9.69 Å². The third kappa shape index (κ3) is 6.47. The third-order valence-corrected chi connectivity index (χ3v) is 7.32. The number of likely N-dealkylation sites (N-methyl/N-ethyl adjacent to an activating group) is 1. The Hall–Kier alpha value is -3.07. The average molecular weight is 470 g/mol. The van der Waals surface area contributed by atoms with Crippen LogP contribution in [0.25, 0.3) is 0 Å². The lowest BCUT2D eigenvalue weighted by Gasteiger charge is -2.24. The quantitative estimate of drug-likeness (QED) is 0.508. The zero-order valence-electron chi connectivity index (χ0n) is 18.9. The van der Waals surface area contributed by atoms with Gasteiger partial charge in [0.1, 0.15) is 5.82 Å². The summed E-state index contributed by atoms with van der Waals surface area (Å²) in [7, 11) is -0.311. The highest BCUT2D eigenvalue weighted by Crippen LogP contribution is 2.21. The number of anilines is 1. The normalized spacial score (nSPS) is 12.7. The van der Waals surface area contributed by atoms with Crippen molar-refractivity contribution in [3.63, 3.8) is 0 Å². The van der Waals surface area contributed by atoms with Crippen LogP contribution in [0.2, 0.25) is 0 Å². The summed E-state index contributed by atoms with van der Waals surface area (Å²) in [5, 5.41) is 2.79. The number of halogens is 1. The molecule has 0 aliphatic heterocycles. The summed E-state index contributed by atoms with van der Waals surface area (Å²) >= 11 is 0. The van der Waals surface area contributed by atoms with Crippen molar-refractivity contribution in [2.24, 2.45) is 0 Å². The molecule has 0 radical (unpaired) electrons. The SMILES string of the molecule is CC(c1ccc(F)cc1)N(C)CC(=O)Nc1ccc(S(=O)(=O)N(C)Cc2ccccc2)cc1. The number of nitrogens with zero attached hydrogens (tertiary/aromatic N) is 2. The van der Waals surface area contributed by atoms with Gasteiger partial charge in [-0.05, 0) is 61.5 Å². The summed E-state index contributed by atoms with van der Waals surface area (Å²) in [6.07, 6.45) is 0. The van der Waals surface area contributed by atoms with Crippen molar-refractivity contribution in [1.29, 1.82) is 0 Å². The van der Waals surface area contributed by atoms with Crippen molar-refractivity contribution in [2.75, 3.05) is 26.0 Å². The lowest BCUT2D eigenvalue weighted by atomic mass is 10.1. The molecule has 174 valence electrons. The van der Waals surface area contributed by atoms with Crippen LogP contribution in [0.3, 0.4) is 0 Å². The van der Waals surface area contributed by atoms with Crippen LogP contribution in [0.4, 0.5) is 10.1 Å². The van der Waals surface area contributed by atoms with E-state index in [0.717, 1.165) is 11.1 Å². The Morgan fingerprint density at radius 3 is 2.15 bits per heavy atom. The van der Waals surface area contributed by atoms with Crippen LogP contribution < -0.4 is 5.32 Å². The van der Waals surface area contributed by atoms with Gasteiger partial charge in [0.25, 0.3) is 0 Å². The number of nitrogens with one attached hydrogen (secondary N) is 1. The first-order valence-corrected chi connectivity index (χ1v) is 12.0. The van der Waals surface area contributed by atoms with Gasteiger partial charge < -0.3 is 5.32 Å². The summed E-state index contributed by atoms with van der Waals surface area (Å²) in [5.74, 6) is -0.536. The molecule has 8 heteroatoms. The highest BCUT2D eigenvalue weighted by molar-refractivity contribution is 7.89. The number of carbonyl (C=O) groups is 1. The van der Waals surface area contributed by atoms with Gasteiger partial charge in [-0.15, -0.1) is 0 Å². The lowest BCUT2D eigenvalue weighted by Crippen LogP contribution is -2.32. The van der Waals surface area contributed by atoms with Gasteiger partial charge in [-0.1, -0.05) is 42.5 Å². The number of carbonyl (C=O) groups excluding carboxylic acids is 1. The summed E-state index contributed by atoms with van der Waals surface area (Å²) in [4.78, 5) is 14.5. The highest BCUT2D eigenvalue weighted by atomic mass is 32.2. The Bertz CT molecular complexity index is 1170. The Labute approximate surface area is 194 Å². The molecule has 0 aliphatic rings. The lowest BCUT2D eigenvalue weighted by molar-refractivity contribution is -0.117. The Morgan fingerprint density at radius 1 is 0.939 bits per heavy atom. The molecule has 3 rings (SSSR count). The maximum absolute atomic E-state index is 13.1. The zero-order valence-corrected chi connectivity index (χ0v) is 19.7. The molecular weight excluding hydrogens is 441 g/mol. The Kier molecular flexibility index (Phi) is 7.97. The predicted octanol–water partition coefficient (Wildman–Crippen LogP) is 4.28. The van der Waals surface area contributed by atoms with Crippen LogP contribution in [-0.2, 0) is 21.4 Å². The second kappa shape index (κ2) is 10.7. The number of hydrogen-bond donors (Lipinski definition) is 1. The minimum absolute atomic E-state index is 0.0796. The molecular formula is C25H28FN3O3S. The van der Waals surface area contributed by atoms with Gasteiger partial charge in [0.15, 0.2) is 0 Å². The van der Waals surface area contributed by atoms with E-state index in [4.69, 9.17) is 0 Å². The fraction of sp³-hybridized carbons (Fsp3) is 0.240. The standard InChI is InChI=1S/C25H28FN3O3S/c1-19(21-9-11-22(26)12-10-21)28(2)18-25(30)27-23-13-15-24(16-14-23)33(31,32)29(3)17-20-7-5-4-6-8-20/h4-16,19H,17-18H2,1-3H3,(H,27,30). The maximum atomic E-state index is 13.1. The topological polar surface area (TPSA) is 69.7 Å². The van der Waals surface area contributed by atoms with E-state index < -0.39 is 10.0 Å². The van der Waals surface area contributed by atoms with E-state index in [0.29, 0.717) is 5.69 Å². The Balaban J connectivity index is 1.59. The fourth-order valence-corrected chi connectivity index (χ4v) is 4.53. The molecule has 0 heterocycles. The van der Waals surface area contributed by atoms with E-state index in [-0.39, 0.29) is 35.8 Å². The smallest absolute Gasteiger partial charge is 0.243 e. The average Bonchev–Trinajstić information content (AvgIpc) is 2.80. The van der Waals surface area contributed by atoms with Crippen molar-refractivity contribution in [3.05, 3.63) is 95.8 Å². The van der Waals surface area contributed by atoms with Gasteiger partial charge in [0.05, 0.1) is 11.4 Å².